The molecule has 0 saturated carbocycles. The van der Waals surface area contributed by atoms with Gasteiger partial charge in [-0.05, 0) is 19.1 Å². The number of hydrogen-bond acceptors (Lipinski definition) is 5. The Bertz CT molecular complexity index is 774. The van der Waals surface area contributed by atoms with E-state index in [9.17, 15) is 10.1 Å². The average Bonchev–Trinajstić information content (AvgIpc) is 2.43. The van der Waals surface area contributed by atoms with Crippen LogP contribution >= 0.6 is 27.5 Å². The molecule has 0 radical (unpaired) electrons. The van der Waals surface area contributed by atoms with Crippen LogP contribution in [-0.2, 0) is 0 Å². The third-order valence-corrected chi connectivity index (χ3v) is 3.42. The highest BCUT2D eigenvalue weighted by atomic mass is 79.9. The number of pyridine rings is 1. The maximum Gasteiger partial charge on any atom is 0.313 e. The van der Waals surface area contributed by atoms with Gasteiger partial charge in [-0.1, -0.05) is 27.5 Å². The first-order valence-corrected chi connectivity index (χ1v) is 6.78. The Labute approximate surface area is 133 Å². The van der Waals surface area contributed by atoms with Gasteiger partial charge in [0.25, 0.3) is 0 Å². The Morgan fingerprint density at radius 3 is 2.86 bits per heavy atom. The first-order chi connectivity index (χ1) is 9.93. The number of ether oxygens (including phenoxy) is 1. The highest BCUT2D eigenvalue weighted by Gasteiger charge is 2.21. The Morgan fingerprint density at radius 1 is 1.52 bits per heavy atom. The number of nitrogens with zero attached hydrogens (tertiary/aromatic N) is 3. The minimum absolute atomic E-state index is 0.0108. The van der Waals surface area contributed by atoms with Crippen molar-refractivity contribution in [1.82, 2.24) is 4.98 Å². The molecule has 0 bridgehead atoms. The normalized spacial score (nSPS) is 10.0. The van der Waals surface area contributed by atoms with Gasteiger partial charge in [0.05, 0.1) is 10.5 Å². The second-order valence-electron chi connectivity index (χ2n) is 4.02. The summed E-state index contributed by atoms with van der Waals surface area (Å²) in [5.41, 5.74) is 0.498. The van der Waals surface area contributed by atoms with Gasteiger partial charge in [-0.25, -0.2) is 4.98 Å². The van der Waals surface area contributed by atoms with Crippen LogP contribution in [-0.4, -0.2) is 9.91 Å². The molecule has 2 aromatic rings. The zero-order valence-electron chi connectivity index (χ0n) is 10.6. The number of halogens is 2. The van der Waals surface area contributed by atoms with Crippen molar-refractivity contribution in [3.05, 3.63) is 55.1 Å². The lowest BCUT2D eigenvalue weighted by molar-refractivity contribution is -0.385. The number of nitro groups is 1. The van der Waals surface area contributed by atoms with Crippen molar-refractivity contribution in [2.24, 2.45) is 0 Å². The number of aryl methyl sites for hydroxylation is 1. The predicted molar refractivity (Wildman–Crippen MR) is 79.6 cm³/mol. The van der Waals surface area contributed by atoms with Crippen molar-refractivity contribution >= 4 is 33.2 Å². The van der Waals surface area contributed by atoms with E-state index in [2.05, 4.69) is 20.9 Å². The predicted octanol–water partition coefficient (Wildman–Crippen LogP) is 4.38. The molecule has 1 aromatic carbocycles. The Hall–Kier alpha value is -2.17. The molecule has 0 atom stereocenters. The molecule has 2 rings (SSSR count). The molecule has 1 heterocycles. The third kappa shape index (κ3) is 3.12. The number of hydrogen-bond donors (Lipinski definition) is 0. The molecule has 0 aliphatic heterocycles. The molecule has 1 aromatic heterocycles. The Balaban J connectivity index is 2.55. The molecule has 106 valence electrons. The fraction of sp³-hybridized carbons (Fsp3) is 0.0769. The van der Waals surface area contributed by atoms with Crippen molar-refractivity contribution in [3.63, 3.8) is 0 Å². The molecule has 0 N–H and O–H groups in total. The molecule has 21 heavy (non-hydrogen) atoms. The first-order valence-electron chi connectivity index (χ1n) is 5.61. The van der Waals surface area contributed by atoms with Crippen LogP contribution in [0.4, 0.5) is 5.69 Å². The summed E-state index contributed by atoms with van der Waals surface area (Å²) in [6.45, 7) is 1.66. The van der Waals surface area contributed by atoms with Crippen LogP contribution < -0.4 is 4.74 Å². The molecule has 0 aliphatic rings. The number of nitriles is 1. The van der Waals surface area contributed by atoms with Crippen LogP contribution in [0.1, 0.15) is 11.1 Å². The molecule has 0 fully saturated rings. The highest BCUT2D eigenvalue weighted by molar-refractivity contribution is 9.10. The van der Waals surface area contributed by atoms with Crippen LogP contribution in [0.2, 0.25) is 5.02 Å². The van der Waals surface area contributed by atoms with Crippen LogP contribution in [0.3, 0.4) is 0 Å². The fourth-order valence-electron chi connectivity index (χ4n) is 1.66. The second-order valence-corrected chi connectivity index (χ2v) is 5.31. The molecule has 0 aliphatic carbocycles. The van der Waals surface area contributed by atoms with Crippen molar-refractivity contribution in [1.29, 1.82) is 5.26 Å². The van der Waals surface area contributed by atoms with Gasteiger partial charge in [0.1, 0.15) is 11.1 Å². The summed E-state index contributed by atoms with van der Waals surface area (Å²) in [5.74, 6) is -0.0167. The molecule has 0 saturated heterocycles. The van der Waals surface area contributed by atoms with Gasteiger partial charge in [-0.3, -0.25) is 10.1 Å². The summed E-state index contributed by atoms with van der Waals surface area (Å²) in [6.07, 6.45) is 1.35. The lowest BCUT2D eigenvalue weighted by Gasteiger charge is -2.10. The van der Waals surface area contributed by atoms with Crippen LogP contribution in [0, 0.1) is 28.4 Å². The summed E-state index contributed by atoms with van der Waals surface area (Å²) >= 11 is 9.18. The van der Waals surface area contributed by atoms with E-state index < -0.39 is 4.92 Å². The SMILES string of the molecule is Cc1cc(Br)cc([N+](=O)[O-])c1Oc1nccc(C#N)c1Cl. The highest BCUT2D eigenvalue weighted by Crippen LogP contribution is 2.38. The summed E-state index contributed by atoms with van der Waals surface area (Å²) in [6, 6.07) is 6.31. The smallest absolute Gasteiger partial charge is 0.313 e. The number of aromatic nitrogens is 1. The monoisotopic (exact) mass is 367 g/mol. The molecular formula is C13H7BrClN3O3. The fourth-order valence-corrected chi connectivity index (χ4v) is 2.41. The zero-order chi connectivity index (χ0) is 15.6. The van der Waals surface area contributed by atoms with Gasteiger partial charge in [0.2, 0.25) is 11.6 Å². The lowest BCUT2D eigenvalue weighted by Crippen LogP contribution is -1.98. The first kappa shape index (κ1) is 15.2. The lowest BCUT2D eigenvalue weighted by atomic mass is 10.2. The summed E-state index contributed by atoms with van der Waals surface area (Å²) in [5, 5.41) is 20.0. The summed E-state index contributed by atoms with van der Waals surface area (Å²) in [4.78, 5) is 14.5. The number of benzene rings is 1. The Morgan fingerprint density at radius 2 is 2.24 bits per heavy atom. The van der Waals surface area contributed by atoms with E-state index in [1.165, 1.54) is 18.3 Å². The van der Waals surface area contributed by atoms with Gasteiger partial charge >= 0.3 is 5.69 Å². The molecular weight excluding hydrogens is 362 g/mol. The van der Waals surface area contributed by atoms with E-state index >= 15 is 0 Å². The van der Waals surface area contributed by atoms with Gasteiger partial charge in [0, 0.05) is 22.3 Å². The summed E-state index contributed by atoms with van der Waals surface area (Å²) in [7, 11) is 0. The topological polar surface area (TPSA) is 89.1 Å². The number of rotatable bonds is 3. The van der Waals surface area contributed by atoms with Gasteiger partial charge < -0.3 is 4.74 Å². The standard InChI is InChI=1S/C13H7BrClN3O3/c1-7-4-9(14)5-10(18(19)20)12(7)21-13-11(15)8(6-16)2-3-17-13/h2-5H,1H3. The van der Waals surface area contributed by atoms with Gasteiger partial charge in [-0.15, -0.1) is 0 Å². The quantitative estimate of drug-likeness (QED) is 0.592. The van der Waals surface area contributed by atoms with Crippen molar-refractivity contribution in [2.45, 2.75) is 6.92 Å². The number of nitro benzene ring substituents is 1. The van der Waals surface area contributed by atoms with E-state index in [1.54, 1.807) is 13.0 Å². The molecule has 0 unspecified atom stereocenters. The molecule has 6 nitrogen and oxygen atoms in total. The maximum atomic E-state index is 11.1. The molecule has 0 amide bonds. The van der Waals surface area contributed by atoms with Gasteiger partial charge in [-0.2, -0.15) is 5.26 Å². The minimum atomic E-state index is -0.560. The molecule has 8 heteroatoms. The van der Waals surface area contributed by atoms with Crippen molar-refractivity contribution in [2.75, 3.05) is 0 Å². The molecule has 0 spiro atoms. The average molecular weight is 369 g/mol. The summed E-state index contributed by atoms with van der Waals surface area (Å²) < 4.78 is 6.03. The Kier molecular flexibility index (Phi) is 4.40. The van der Waals surface area contributed by atoms with Crippen LogP contribution in [0.15, 0.2) is 28.9 Å². The zero-order valence-corrected chi connectivity index (χ0v) is 13.0. The third-order valence-electron chi connectivity index (χ3n) is 2.59. The van der Waals surface area contributed by atoms with E-state index in [0.717, 1.165) is 0 Å². The van der Waals surface area contributed by atoms with E-state index in [1.807, 2.05) is 6.07 Å². The largest absolute Gasteiger partial charge is 0.430 e. The van der Waals surface area contributed by atoms with Crippen molar-refractivity contribution < 1.29 is 9.66 Å². The van der Waals surface area contributed by atoms with Crippen molar-refractivity contribution in [3.8, 4) is 17.7 Å². The maximum absolute atomic E-state index is 11.1. The van der Waals surface area contributed by atoms with Crippen LogP contribution in [0.5, 0.6) is 11.6 Å². The van der Waals surface area contributed by atoms with E-state index in [4.69, 9.17) is 21.6 Å². The van der Waals surface area contributed by atoms with Gasteiger partial charge in [0.15, 0.2) is 0 Å². The van der Waals surface area contributed by atoms with Crippen LogP contribution in [0.25, 0.3) is 0 Å². The van der Waals surface area contributed by atoms with E-state index in [0.29, 0.717) is 10.0 Å². The van der Waals surface area contributed by atoms with E-state index in [-0.39, 0.29) is 27.9 Å². The second kappa shape index (κ2) is 6.08. The minimum Gasteiger partial charge on any atom is -0.430 e.